The van der Waals surface area contributed by atoms with Crippen molar-refractivity contribution in [3.63, 3.8) is 0 Å². The van der Waals surface area contributed by atoms with Gasteiger partial charge < -0.3 is 23.8 Å². The number of nitrogens with one attached hydrogen (secondary N) is 1. The van der Waals surface area contributed by atoms with Crippen LogP contribution in [0.3, 0.4) is 0 Å². The molecule has 14 heteroatoms. The summed E-state index contributed by atoms with van der Waals surface area (Å²) in [6, 6.07) is 17.5. The minimum Gasteiger partial charge on any atom is -0.455 e. The van der Waals surface area contributed by atoms with Gasteiger partial charge in [0.2, 0.25) is 10.0 Å². The predicted octanol–water partition coefficient (Wildman–Crippen LogP) is 8.05. The minimum atomic E-state index is -4.54. The van der Waals surface area contributed by atoms with E-state index in [9.17, 15) is 26.4 Å². The van der Waals surface area contributed by atoms with Gasteiger partial charge in [-0.15, -0.1) is 0 Å². The lowest BCUT2D eigenvalue weighted by Crippen LogP contribution is -2.41. The molecule has 3 aromatic carbocycles. The molecule has 1 aliphatic heterocycles. The number of carbonyl (C=O) groups excluding carboxylic acids is 1. The Kier molecular flexibility index (Phi) is 10.3. The third-order valence-electron chi connectivity index (χ3n) is 10.2. The molecular weight excluding hydrogens is 696 g/mol. The lowest BCUT2D eigenvalue weighted by molar-refractivity contribution is -0.137. The number of hydrogen-bond donors (Lipinski definition) is 1. The van der Waals surface area contributed by atoms with Gasteiger partial charge in [-0.3, -0.25) is 9.10 Å². The molecule has 1 amide bonds. The van der Waals surface area contributed by atoms with E-state index < -0.39 is 46.0 Å². The number of nitrogens with zero attached hydrogens (tertiary/aromatic N) is 1. The van der Waals surface area contributed by atoms with Crippen LogP contribution in [0.15, 0.2) is 71.1 Å². The summed E-state index contributed by atoms with van der Waals surface area (Å²) in [6.45, 7) is 8.43. The second kappa shape index (κ2) is 14.2. The number of halogens is 3. The van der Waals surface area contributed by atoms with Crippen molar-refractivity contribution in [2.24, 2.45) is 5.92 Å². The van der Waals surface area contributed by atoms with Gasteiger partial charge in [0.05, 0.1) is 47.5 Å². The number of carbonyl (C=O) groups is 1. The molecule has 1 aliphatic carbocycles. The molecule has 0 radical (unpaired) electrons. The second-order valence-corrected chi connectivity index (χ2v) is 16.6. The average Bonchev–Trinajstić information content (AvgIpc) is 3.81. The first-order chi connectivity index (χ1) is 24.4. The van der Waals surface area contributed by atoms with Crippen molar-refractivity contribution in [1.82, 2.24) is 5.32 Å². The zero-order valence-electron chi connectivity index (χ0n) is 30.2. The fourth-order valence-electron chi connectivity index (χ4n) is 6.54. The van der Waals surface area contributed by atoms with Crippen molar-refractivity contribution < 1.29 is 44.8 Å². The Morgan fingerprint density at radius 2 is 1.65 bits per heavy atom. The molecule has 0 spiro atoms. The van der Waals surface area contributed by atoms with E-state index in [4.69, 9.17) is 18.5 Å². The van der Waals surface area contributed by atoms with Crippen LogP contribution in [-0.4, -0.2) is 59.1 Å². The Hall–Kier alpha value is -3.85. The van der Waals surface area contributed by atoms with Gasteiger partial charge in [-0.25, -0.2) is 8.42 Å². The van der Waals surface area contributed by atoms with Gasteiger partial charge >= 0.3 is 13.3 Å². The SMILES string of the molecule is CNC(=O)c1c(-c2ccc(C(F)(F)F)cc2)oc2cc(N(CC(COCc3ccccc3)CB3OC(C)(C)C(C)(C)O3)S(C)(=O)=O)c(C3CC3)cc12. The molecule has 1 N–H and O–H groups in total. The molecule has 1 saturated heterocycles. The highest BCUT2D eigenvalue weighted by molar-refractivity contribution is 7.92. The number of fused-ring (bicyclic) bond motifs is 1. The van der Waals surface area contributed by atoms with Crippen molar-refractivity contribution in [3.05, 3.63) is 89.0 Å². The molecule has 52 heavy (non-hydrogen) atoms. The number of ether oxygens (including phenoxy) is 1. The van der Waals surface area contributed by atoms with Crippen LogP contribution >= 0.6 is 0 Å². The number of rotatable bonds is 13. The molecule has 4 aromatic rings. The summed E-state index contributed by atoms with van der Waals surface area (Å²) in [6.07, 6.45) is -1.38. The van der Waals surface area contributed by atoms with E-state index in [1.165, 1.54) is 23.5 Å². The highest BCUT2D eigenvalue weighted by atomic mass is 32.2. The fourth-order valence-corrected chi connectivity index (χ4v) is 7.54. The lowest BCUT2D eigenvalue weighted by atomic mass is 9.77. The van der Waals surface area contributed by atoms with Crippen LogP contribution in [0.5, 0.6) is 0 Å². The van der Waals surface area contributed by atoms with Crippen LogP contribution in [0.1, 0.15) is 73.5 Å². The van der Waals surface area contributed by atoms with E-state index in [0.29, 0.717) is 24.0 Å². The smallest absolute Gasteiger partial charge is 0.455 e. The van der Waals surface area contributed by atoms with E-state index in [0.717, 1.165) is 42.4 Å². The van der Waals surface area contributed by atoms with E-state index in [1.54, 1.807) is 12.1 Å². The number of benzene rings is 3. The number of amides is 1. The highest BCUT2D eigenvalue weighted by Crippen LogP contribution is 2.48. The molecular formula is C38H44BF3N2O7S. The van der Waals surface area contributed by atoms with E-state index in [1.807, 2.05) is 58.0 Å². The van der Waals surface area contributed by atoms with Crippen molar-refractivity contribution in [1.29, 1.82) is 0 Å². The van der Waals surface area contributed by atoms with Crippen LogP contribution in [0.2, 0.25) is 6.32 Å². The zero-order valence-corrected chi connectivity index (χ0v) is 31.0. The number of sulfonamides is 1. The van der Waals surface area contributed by atoms with Gasteiger partial charge in [0.25, 0.3) is 5.91 Å². The maximum absolute atomic E-state index is 13.7. The van der Waals surface area contributed by atoms with E-state index >= 15 is 0 Å². The molecule has 1 aromatic heterocycles. The Morgan fingerprint density at radius 3 is 2.21 bits per heavy atom. The number of hydrogen-bond acceptors (Lipinski definition) is 7. The van der Waals surface area contributed by atoms with Crippen molar-refractivity contribution >= 4 is 39.7 Å². The molecule has 1 atom stereocenters. The first kappa shape index (κ1) is 37.9. The Morgan fingerprint density at radius 1 is 1.02 bits per heavy atom. The summed E-state index contributed by atoms with van der Waals surface area (Å²) >= 11 is 0. The van der Waals surface area contributed by atoms with Gasteiger partial charge in [0, 0.05) is 30.6 Å². The predicted molar refractivity (Wildman–Crippen MR) is 195 cm³/mol. The third kappa shape index (κ3) is 8.05. The fraction of sp³-hybridized carbons (Fsp3) is 0.447. The highest BCUT2D eigenvalue weighted by Gasteiger charge is 2.51. The lowest BCUT2D eigenvalue weighted by Gasteiger charge is -2.32. The van der Waals surface area contributed by atoms with Gasteiger partial charge in [0.15, 0.2) is 0 Å². The van der Waals surface area contributed by atoms with Crippen LogP contribution in [0.4, 0.5) is 18.9 Å². The largest absolute Gasteiger partial charge is 0.458 e. The molecule has 1 unspecified atom stereocenters. The molecule has 9 nitrogen and oxygen atoms in total. The quantitative estimate of drug-likeness (QED) is 0.138. The molecule has 0 bridgehead atoms. The normalized spacial score (nSPS) is 17.8. The van der Waals surface area contributed by atoms with Crippen molar-refractivity contribution in [2.75, 3.05) is 30.8 Å². The maximum atomic E-state index is 13.7. The van der Waals surface area contributed by atoms with Gasteiger partial charge in [-0.1, -0.05) is 42.5 Å². The summed E-state index contributed by atoms with van der Waals surface area (Å²) in [7, 11) is -3.04. The maximum Gasteiger partial charge on any atom is 0.458 e. The minimum absolute atomic E-state index is 0.0394. The van der Waals surface area contributed by atoms with E-state index in [-0.39, 0.29) is 47.5 Å². The molecule has 6 rings (SSSR count). The Bertz CT molecular complexity index is 2010. The molecule has 2 fully saturated rings. The second-order valence-electron chi connectivity index (χ2n) is 14.7. The number of alkyl halides is 3. The third-order valence-corrected chi connectivity index (χ3v) is 11.3. The van der Waals surface area contributed by atoms with Crippen LogP contribution in [0, 0.1) is 5.92 Å². The summed E-state index contributed by atoms with van der Waals surface area (Å²) in [5, 5.41) is 3.05. The van der Waals surface area contributed by atoms with Crippen molar-refractivity contribution in [2.45, 2.75) is 76.8 Å². The average molecular weight is 741 g/mol. The van der Waals surface area contributed by atoms with Gasteiger partial charge in [-0.2, -0.15) is 13.2 Å². The molecule has 2 aliphatic rings. The van der Waals surface area contributed by atoms with E-state index in [2.05, 4.69) is 5.32 Å². The first-order valence-electron chi connectivity index (χ1n) is 17.3. The Balaban J connectivity index is 1.40. The summed E-state index contributed by atoms with van der Waals surface area (Å²) in [5.41, 5.74) is 0.786. The van der Waals surface area contributed by atoms with Crippen molar-refractivity contribution in [3.8, 4) is 11.3 Å². The summed E-state index contributed by atoms with van der Waals surface area (Å²) in [5.74, 6) is -0.722. The summed E-state index contributed by atoms with van der Waals surface area (Å²) in [4.78, 5) is 13.3. The van der Waals surface area contributed by atoms with Gasteiger partial charge in [0.1, 0.15) is 11.3 Å². The molecule has 1 saturated carbocycles. The Labute approximate surface area is 303 Å². The zero-order chi connectivity index (χ0) is 37.6. The number of furan rings is 1. The topological polar surface area (TPSA) is 107 Å². The number of anilines is 1. The molecule has 278 valence electrons. The van der Waals surface area contributed by atoms with Gasteiger partial charge in [-0.05, 0) is 88.0 Å². The summed E-state index contributed by atoms with van der Waals surface area (Å²) < 4.78 is 93.9. The molecule has 2 heterocycles. The van der Waals surface area contributed by atoms with Crippen LogP contribution in [-0.2, 0) is 36.9 Å². The van der Waals surface area contributed by atoms with Crippen LogP contribution in [0.25, 0.3) is 22.3 Å². The monoisotopic (exact) mass is 740 g/mol. The first-order valence-corrected chi connectivity index (χ1v) is 19.2. The van der Waals surface area contributed by atoms with Crippen LogP contribution < -0.4 is 9.62 Å². The standard InChI is InChI=1S/C38H44BF3N2O7S/c1-36(2)37(3,4)51-39(50-36)20-25(23-48-22-24-10-8-7-9-11-24)21-44(52(6,46)47)31-19-32-30(18-29(31)26-12-13-26)33(35(45)43-5)34(49-32)27-14-16-28(17-15-27)38(40,41)42/h7-11,14-19,25-26H,12-13,20-23H2,1-6H3,(H,43,45).